The van der Waals surface area contributed by atoms with E-state index in [1.54, 1.807) is 0 Å². The van der Waals surface area contributed by atoms with Crippen molar-refractivity contribution in [1.29, 1.82) is 5.26 Å². The van der Waals surface area contributed by atoms with Gasteiger partial charge >= 0.3 is 0 Å². The fraction of sp³-hybridized carbons (Fsp3) is 0.308. The molecule has 0 bridgehead atoms. The Morgan fingerprint density at radius 2 is 2.13 bits per heavy atom. The van der Waals surface area contributed by atoms with Crippen molar-refractivity contribution in [1.82, 2.24) is 0 Å². The molecule has 0 spiro atoms. The maximum absolute atomic E-state index is 8.97. The molecule has 0 aliphatic rings. The van der Waals surface area contributed by atoms with Crippen LogP contribution in [0.2, 0.25) is 5.02 Å². The van der Waals surface area contributed by atoms with Gasteiger partial charge in [-0.3, -0.25) is 0 Å². The molecule has 0 heterocycles. The third-order valence-electron chi connectivity index (χ3n) is 2.01. The summed E-state index contributed by atoms with van der Waals surface area (Å²) in [6, 6.07) is 9.76. The maximum atomic E-state index is 8.97. The maximum Gasteiger partial charge on any atom is 0.0947 e. The molecule has 0 radical (unpaired) electrons. The number of nitriles is 1. The summed E-state index contributed by atoms with van der Waals surface area (Å²) in [7, 11) is 0. The number of benzene rings is 1. The number of allylic oxidation sites excluding steroid dienone is 1. The van der Waals surface area contributed by atoms with Crippen LogP contribution in [-0.2, 0) is 0 Å². The van der Waals surface area contributed by atoms with E-state index in [0.717, 1.165) is 17.6 Å². The third kappa shape index (κ3) is 3.77. The van der Waals surface area contributed by atoms with Crippen LogP contribution >= 0.6 is 11.6 Å². The number of halogens is 1. The molecule has 1 rings (SSSR count). The van der Waals surface area contributed by atoms with Gasteiger partial charge in [-0.05, 0) is 30.0 Å². The van der Waals surface area contributed by atoms with E-state index in [4.69, 9.17) is 16.9 Å². The van der Waals surface area contributed by atoms with E-state index in [2.05, 4.69) is 19.9 Å². The summed E-state index contributed by atoms with van der Waals surface area (Å²) in [4.78, 5) is 0. The summed E-state index contributed by atoms with van der Waals surface area (Å²) < 4.78 is 0. The Morgan fingerprint density at radius 3 is 2.67 bits per heavy atom. The van der Waals surface area contributed by atoms with Crippen LogP contribution in [-0.4, -0.2) is 0 Å². The van der Waals surface area contributed by atoms with Gasteiger partial charge in [0, 0.05) is 10.6 Å². The van der Waals surface area contributed by atoms with Crippen LogP contribution in [0.5, 0.6) is 0 Å². The van der Waals surface area contributed by atoms with Crippen molar-refractivity contribution in [2.75, 3.05) is 0 Å². The quantitative estimate of drug-likeness (QED) is 0.696. The van der Waals surface area contributed by atoms with Gasteiger partial charge in [0.15, 0.2) is 0 Å². The Morgan fingerprint density at radius 1 is 1.47 bits per heavy atom. The van der Waals surface area contributed by atoms with Gasteiger partial charge in [0.1, 0.15) is 0 Å². The lowest BCUT2D eigenvalue weighted by Crippen LogP contribution is -1.89. The first-order valence-corrected chi connectivity index (χ1v) is 5.36. The van der Waals surface area contributed by atoms with Gasteiger partial charge in [-0.1, -0.05) is 43.6 Å². The molecule has 1 aromatic rings. The lowest BCUT2D eigenvalue weighted by atomic mass is 10.0. The van der Waals surface area contributed by atoms with E-state index in [0.29, 0.717) is 10.9 Å². The molecule has 1 aromatic carbocycles. The summed E-state index contributed by atoms with van der Waals surface area (Å²) in [6.45, 7) is 4.19. The van der Waals surface area contributed by atoms with E-state index in [1.807, 2.05) is 30.3 Å². The van der Waals surface area contributed by atoms with Crippen LogP contribution in [0, 0.1) is 17.2 Å². The fourth-order valence-corrected chi connectivity index (χ4v) is 1.55. The number of hydrogen-bond acceptors (Lipinski definition) is 1. The highest BCUT2D eigenvalue weighted by Crippen LogP contribution is 2.20. The van der Waals surface area contributed by atoms with Gasteiger partial charge in [0.25, 0.3) is 0 Å². The summed E-state index contributed by atoms with van der Waals surface area (Å²) in [5.41, 5.74) is 1.69. The Kier molecular flexibility index (Phi) is 4.39. The fourth-order valence-electron chi connectivity index (χ4n) is 1.36. The highest BCUT2D eigenvalue weighted by Gasteiger charge is 2.02. The molecule has 0 saturated carbocycles. The van der Waals surface area contributed by atoms with Crippen molar-refractivity contribution in [2.24, 2.45) is 5.92 Å². The largest absolute Gasteiger partial charge is 0.193 e. The normalized spacial score (nSPS) is 11.5. The summed E-state index contributed by atoms with van der Waals surface area (Å²) in [5, 5.41) is 9.65. The minimum absolute atomic E-state index is 0.485. The van der Waals surface area contributed by atoms with Crippen LogP contribution in [0.25, 0.3) is 6.08 Å². The molecule has 0 N–H and O–H groups in total. The van der Waals surface area contributed by atoms with Crippen molar-refractivity contribution in [3.63, 3.8) is 0 Å². The van der Waals surface area contributed by atoms with E-state index >= 15 is 0 Å². The molecule has 0 atom stereocenters. The van der Waals surface area contributed by atoms with Gasteiger partial charge in [0.05, 0.1) is 6.07 Å². The zero-order valence-electron chi connectivity index (χ0n) is 9.00. The Bertz CT molecular complexity index is 399. The minimum Gasteiger partial charge on any atom is -0.193 e. The lowest BCUT2D eigenvalue weighted by molar-refractivity contribution is 0.653. The second kappa shape index (κ2) is 5.58. The van der Waals surface area contributed by atoms with Crippen LogP contribution in [0.3, 0.4) is 0 Å². The molecule has 0 aromatic heterocycles. The van der Waals surface area contributed by atoms with E-state index < -0.39 is 0 Å². The van der Waals surface area contributed by atoms with Crippen LogP contribution in [0.15, 0.2) is 29.8 Å². The summed E-state index contributed by atoms with van der Waals surface area (Å²) in [5.74, 6) is 0.485. The van der Waals surface area contributed by atoms with E-state index in [-0.39, 0.29) is 0 Å². The topological polar surface area (TPSA) is 23.8 Å². The van der Waals surface area contributed by atoms with Crippen molar-refractivity contribution in [3.05, 3.63) is 40.4 Å². The van der Waals surface area contributed by atoms with Crippen molar-refractivity contribution in [2.45, 2.75) is 20.3 Å². The first-order chi connectivity index (χ1) is 7.13. The van der Waals surface area contributed by atoms with Crippen molar-refractivity contribution >= 4 is 17.7 Å². The van der Waals surface area contributed by atoms with E-state index in [9.17, 15) is 0 Å². The first-order valence-electron chi connectivity index (χ1n) is 4.98. The zero-order valence-corrected chi connectivity index (χ0v) is 9.75. The molecule has 1 nitrogen and oxygen atoms in total. The van der Waals surface area contributed by atoms with Gasteiger partial charge < -0.3 is 0 Å². The molecule has 0 saturated heterocycles. The third-order valence-corrected chi connectivity index (χ3v) is 2.35. The minimum atomic E-state index is 0.485. The second-order valence-corrected chi connectivity index (χ2v) is 4.31. The van der Waals surface area contributed by atoms with Crippen molar-refractivity contribution < 1.29 is 0 Å². The predicted octanol–water partition coefficient (Wildman–Crippen LogP) is 4.29. The molecule has 78 valence electrons. The Labute approximate surface area is 96.0 Å². The number of nitrogens with zero attached hydrogens (tertiary/aromatic N) is 1. The Balaban J connectivity index is 2.95. The Hall–Kier alpha value is -1.26. The molecule has 0 aliphatic heterocycles. The monoisotopic (exact) mass is 219 g/mol. The highest BCUT2D eigenvalue weighted by molar-refractivity contribution is 6.32. The van der Waals surface area contributed by atoms with Crippen LogP contribution in [0.4, 0.5) is 0 Å². The lowest BCUT2D eigenvalue weighted by Gasteiger charge is -2.03. The van der Waals surface area contributed by atoms with Crippen LogP contribution < -0.4 is 0 Å². The van der Waals surface area contributed by atoms with Gasteiger partial charge in [0.2, 0.25) is 0 Å². The van der Waals surface area contributed by atoms with Gasteiger partial charge in [-0.25, -0.2) is 0 Å². The molecule has 0 fully saturated rings. The second-order valence-electron chi connectivity index (χ2n) is 3.90. The SMILES string of the molecule is CC(C)C/C(C#N)=C/c1ccccc1Cl. The van der Waals surface area contributed by atoms with Gasteiger partial charge in [-0.2, -0.15) is 5.26 Å². The molecule has 2 heteroatoms. The van der Waals surface area contributed by atoms with Gasteiger partial charge in [-0.15, -0.1) is 0 Å². The summed E-state index contributed by atoms with van der Waals surface area (Å²) >= 11 is 6.01. The standard InChI is InChI=1S/C13H14ClN/c1-10(2)7-11(9-15)8-12-5-3-4-6-13(12)14/h3-6,8,10H,7H2,1-2H3/b11-8-. The predicted molar refractivity (Wildman–Crippen MR) is 64.5 cm³/mol. The molecular formula is C13H14ClN. The molecule has 0 unspecified atom stereocenters. The molecule has 0 aliphatic carbocycles. The number of hydrogen-bond donors (Lipinski definition) is 0. The van der Waals surface area contributed by atoms with Crippen molar-refractivity contribution in [3.8, 4) is 6.07 Å². The molecular weight excluding hydrogens is 206 g/mol. The highest BCUT2D eigenvalue weighted by atomic mass is 35.5. The average molecular weight is 220 g/mol. The first kappa shape index (κ1) is 11.8. The molecule has 15 heavy (non-hydrogen) atoms. The molecule has 0 amide bonds. The number of rotatable bonds is 3. The van der Waals surface area contributed by atoms with Crippen LogP contribution in [0.1, 0.15) is 25.8 Å². The summed E-state index contributed by atoms with van der Waals surface area (Å²) in [6.07, 6.45) is 2.66. The average Bonchev–Trinajstić information content (AvgIpc) is 2.19. The zero-order chi connectivity index (χ0) is 11.3. The van der Waals surface area contributed by atoms with E-state index in [1.165, 1.54) is 0 Å². The smallest absolute Gasteiger partial charge is 0.0947 e.